The molecule has 4 aliphatic heterocycles. The summed E-state index contributed by atoms with van der Waals surface area (Å²) in [5, 5.41) is 10.1. The number of anilines is 4. The van der Waals surface area contributed by atoms with Gasteiger partial charge in [0.2, 0.25) is 23.6 Å². The molecule has 13 nitrogen and oxygen atoms in total. The summed E-state index contributed by atoms with van der Waals surface area (Å²) in [6.45, 7) is 13.3. The fraction of sp³-hybridized carbons (Fsp3) is 0.364. The zero-order valence-corrected chi connectivity index (χ0v) is 32.8. The van der Waals surface area contributed by atoms with Crippen molar-refractivity contribution in [3.05, 3.63) is 95.8 Å². The largest absolute Gasteiger partial charge is 0.474 e. The van der Waals surface area contributed by atoms with Crippen LogP contribution in [0.1, 0.15) is 54.1 Å². The molecular weight excluding hydrogens is 719 g/mol. The van der Waals surface area contributed by atoms with E-state index in [-0.39, 0.29) is 23.5 Å². The number of carbonyl (C=O) groups is 3. The number of hydrogen-bond donors (Lipinski definition) is 3. The van der Waals surface area contributed by atoms with Crippen LogP contribution in [0, 0.1) is 6.92 Å². The van der Waals surface area contributed by atoms with E-state index in [1.807, 2.05) is 68.7 Å². The lowest BCUT2D eigenvalue weighted by molar-refractivity contribution is -0.134. The highest BCUT2D eigenvalue weighted by Gasteiger charge is 2.34. The van der Waals surface area contributed by atoms with Crippen molar-refractivity contribution < 1.29 is 19.1 Å². The molecule has 3 aromatic carbocycles. The molecule has 3 N–H and O–H groups in total. The van der Waals surface area contributed by atoms with Crippen LogP contribution in [0.5, 0.6) is 5.88 Å². The summed E-state index contributed by atoms with van der Waals surface area (Å²) >= 11 is 0. The molecule has 9 rings (SSSR count). The molecule has 13 heteroatoms. The molecule has 0 saturated carbocycles. The van der Waals surface area contributed by atoms with E-state index in [1.165, 1.54) is 0 Å². The van der Waals surface area contributed by atoms with Crippen LogP contribution in [-0.4, -0.2) is 107 Å². The van der Waals surface area contributed by atoms with Crippen molar-refractivity contribution in [3.8, 4) is 17.0 Å². The van der Waals surface area contributed by atoms with Crippen molar-refractivity contribution in [2.45, 2.75) is 45.6 Å². The molecule has 294 valence electrons. The van der Waals surface area contributed by atoms with Crippen LogP contribution in [-0.2, 0) is 9.59 Å². The number of ether oxygens (including phenoxy) is 1. The molecular formula is C44H49N9O4. The number of piperidine rings is 1. The van der Waals surface area contributed by atoms with E-state index in [0.29, 0.717) is 49.4 Å². The molecule has 2 amide bonds. The molecule has 3 fully saturated rings. The maximum atomic E-state index is 13.3. The summed E-state index contributed by atoms with van der Waals surface area (Å²) < 4.78 is 5.70. The second-order valence-corrected chi connectivity index (χ2v) is 14.8. The normalized spacial score (nSPS) is 18.6. The first-order valence-electron chi connectivity index (χ1n) is 20.0. The topological polar surface area (TPSA) is 145 Å². The SMILES string of the molecule is CC.Cc1c(-c2ccc3cnc(Nc4ccc(C(=O)CN5CCN(C6CN(c7ccc(C8CCC(=O)NC8=O)cc7)C6)CC5)cc4)nc3c2)cnc2c1NCCO2. The highest BCUT2D eigenvalue weighted by Crippen LogP contribution is 2.36. The number of fused-ring (bicyclic) bond motifs is 2. The number of piperazine rings is 1. The Morgan fingerprint density at radius 2 is 1.70 bits per heavy atom. The zero-order chi connectivity index (χ0) is 39.5. The minimum atomic E-state index is -0.258. The van der Waals surface area contributed by atoms with E-state index in [9.17, 15) is 14.4 Å². The van der Waals surface area contributed by atoms with E-state index < -0.39 is 0 Å². The van der Waals surface area contributed by atoms with Gasteiger partial charge in [0.15, 0.2) is 5.78 Å². The lowest BCUT2D eigenvalue weighted by Gasteiger charge is -2.49. The van der Waals surface area contributed by atoms with Crippen molar-refractivity contribution in [1.82, 2.24) is 30.1 Å². The van der Waals surface area contributed by atoms with E-state index in [1.54, 1.807) is 0 Å². The Hall–Kier alpha value is -5.92. The number of imide groups is 1. The first-order valence-corrected chi connectivity index (χ1v) is 20.0. The van der Waals surface area contributed by atoms with Crippen LogP contribution in [0.25, 0.3) is 22.0 Å². The van der Waals surface area contributed by atoms with E-state index in [2.05, 4.69) is 71.8 Å². The molecule has 0 spiro atoms. The quantitative estimate of drug-likeness (QED) is 0.124. The van der Waals surface area contributed by atoms with E-state index in [0.717, 1.165) is 96.0 Å². The van der Waals surface area contributed by atoms with Crippen LogP contribution < -0.4 is 25.6 Å². The van der Waals surface area contributed by atoms with Crippen molar-refractivity contribution in [2.24, 2.45) is 0 Å². The van der Waals surface area contributed by atoms with Crippen molar-refractivity contribution in [3.63, 3.8) is 0 Å². The summed E-state index contributed by atoms with van der Waals surface area (Å²) in [6, 6.07) is 22.4. The molecule has 5 aromatic rings. The third-order valence-electron chi connectivity index (χ3n) is 11.4. The number of nitrogens with one attached hydrogen (secondary N) is 3. The van der Waals surface area contributed by atoms with Gasteiger partial charge in [-0.05, 0) is 72.5 Å². The van der Waals surface area contributed by atoms with Gasteiger partial charge in [-0.15, -0.1) is 0 Å². The Labute approximate surface area is 332 Å². The fourth-order valence-corrected chi connectivity index (χ4v) is 8.04. The van der Waals surface area contributed by atoms with Crippen LogP contribution in [0.15, 0.2) is 79.1 Å². The Morgan fingerprint density at radius 1 is 0.930 bits per heavy atom. The molecule has 2 aromatic heterocycles. The monoisotopic (exact) mass is 767 g/mol. The summed E-state index contributed by atoms with van der Waals surface area (Å²) in [5.41, 5.74) is 8.48. The van der Waals surface area contributed by atoms with Gasteiger partial charge >= 0.3 is 0 Å². The average molecular weight is 768 g/mol. The van der Waals surface area contributed by atoms with Gasteiger partial charge in [-0.1, -0.05) is 38.1 Å². The first-order chi connectivity index (χ1) is 27.8. The molecule has 0 aliphatic carbocycles. The number of rotatable bonds is 9. The molecule has 0 bridgehead atoms. The lowest BCUT2D eigenvalue weighted by atomic mass is 9.90. The third kappa shape index (κ3) is 8.16. The Kier molecular flexibility index (Phi) is 11.1. The second kappa shape index (κ2) is 16.7. The highest BCUT2D eigenvalue weighted by molar-refractivity contribution is 6.01. The zero-order valence-electron chi connectivity index (χ0n) is 32.8. The second-order valence-electron chi connectivity index (χ2n) is 14.8. The number of Topliss-reactive ketones (excluding diaryl/α,β-unsaturated/α-hetero) is 1. The third-order valence-corrected chi connectivity index (χ3v) is 11.4. The van der Waals surface area contributed by atoms with Gasteiger partial charge in [0.1, 0.15) is 12.3 Å². The minimum Gasteiger partial charge on any atom is -0.474 e. The van der Waals surface area contributed by atoms with Gasteiger partial charge in [0.05, 0.1) is 18.0 Å². The summed E-state index contributed by atoms with van der Waals surface area (Å²) in [7, 11) is 0. The van der Waals surface area contributed by atoms with Gasteiger partial charge in [-0.3, -0.25) is 29.5 Å². The Balaban J connectivity index is 0.00000224. The number of aromatic nitrogens is 3. The van der Waals surface area contributed by atoms with Crippen LogP contribution in [0.4, 0.5) is 23.0 Å². The van der Waals surface area contributed by atoms with Crippen molar-refractivity contribution in [2.75, 3.05) is 74.5 Å². The molecule has 57 heavy (non-hydrogen) atoms. The van der Waals surface area contributed by atoms with E-state index >= 15 is 0 Å². The number of nitrogens with zero attached hydrogens (tertiary/aromatic N) is 6. The van der Waals surface area contributed by atoms with Crippen LogP contribution in [0.3, 0.4) is 0 Å². The van der Waals surface area contributed by atoms with Crippen molar-refractivity contribution in [1.29, 1.82) is 0 Å². The molecule has 3 saturated heterocycles. The maximum Gasteiger partial charge on any atom is 0.237 e. The predicted molar refractivity (Wildman–Crippen MR) is 222 cm³/mol. The molecule has 1 unspecified atom stereocenters. The van der Waals surface area contributed by atoms with Gasteiger partial charge in [0.25, 0.3) is 0 Å². The number of carbonyl (C=O) groups excluding carboxylic acids is 3. The molecule has 0 radical (unpaired) electrons. The molecule has 1 atom stereocenters. The predicted octanol–water partition coefficient (Wildman–Crippen LogP) is 5.78. The maximum absolute atomic E-state index is 13.3. The Bertz CT molecular complexity index is 2270. The average Bonchev–Trinajstić information content (AvgIpc) is 3.22. The number of ketones is 1. The highest BCUT2D eigenvalue weighted by atomic mass is 16.5. The van der Waals surface area contributed by atoms with Crippen LogP contribution in [0.2, 0.25) is 0 Å². The van der Waals surface area contributed by atoms with Gasteiger partial charge < -0.3 is 20.3 Å². The summed E-state index contributed by atoms with van der Waals surface area (Å²) in [4.78, 5) is 58.0. The number of hydrogen-bond acceptors (Lipinski definition) is 12. The minimum absolute atomic E-state index is 0.110. The van der Waals surface area contributed by atoms with E-state index in [4.69, 9.17) is 9.72 Å². The number of benzene rings is 3. The van der Waals surface area contributed by atoms with Gasteiger partial charge in [-0.25, -0.2) is 15.0 Å². The molecule has 4 aliphatic rings. The summed E-state index contributed by atoms with van der Waals surface area (Å²) in [5.74, 6) is 0.581. The van der Waals surface area contributed by atoms with Crippen molar-refractivity contribution >= 4 is 51.5 Å². The Morgan fingerprint density at radius 3 is 2.46 bits per heavy atom. The number of amides is 2. The van der Waals surface area contributed by atoms with Gasteiger partial charge in [-0.2, -0.15) is 0 Å². The smallest absolute Gasteiger partial charge is 0.237 e. The first kappa shape index (κ1) is 38.0. The molecule has 6 heterocycles. The van der Waals surface area contributed by atoms with Crippen LogP contribution >= 0.6 is 0 Å². The lowest BCUT2D eigenvalue weighted by Crippen LogP contribution is -2.63. The number of pyridine rings is 1. The summed E-state index contributed by atoms with van der Waals surface area (Å²) in [6.07, 6.45) is 4.61. The van der Waals surface area contributed by atoms with Gasteiger partial charge in [0, 0.05) is 98.6 Å². The fourth-order valence-electron chi connectivity index (χ4n) is 8.04. The standard InChI is InChI=1S/C42H43N9O4.C2H6/c1-26-35(22-44-41-39(26)43-14-19-55-41)29-2-3-30-21-45-42(47-36(30)20-29)46-31-8-4-28(5-9-31)37(52)25-49-15-17-50(18-16-49)33-23-51(24-33)32-10-6-27(7-11-32)34-12-13-38(53)48-40(34)54;1-2/h2-11,20-22,33-34,43H,12-19,23-25H2,1H3,(H,45,46,47)(H,48,53,54);1-2H3.